The molecule has 1 aromatic carbocycles. The molecule has 0 aliphatic carbocycles. The predicted octanol–water partition coefficient (Wildman–Crippen LogP) is 0.510. The van der Waals surface area contributed by atoms with Crippen LogP contribution in [0.2, 0.25) is 0 Å². The third kappa shape index (κ3) is 13.6. The van der Waals surface area contributed by atoms with Gasteiger partial charge < -0.3 is 38.6 Å². The Morgan fingerprint density at radius 2 is 1.48 bits per heavy atom. The van der Waals surface area contributed by atoms with Crippen LogP contribution in [0.5, 0.6) is 0 Å². The number of nitrogens with one attached hydrogen (secondary N) is 1. The topological polar surface area (TPSA) is 286 Å². The molecule has 1 aromatic rings. The van der Waals surface area contributed by atoms with E-state index >= 15 is 0 Å². The molecule has 1 aliphatic rings. The molecule has 0 radical (unpaired) electrons. The molecular weight excluding hydrogens is 792 g/mol. The summed E-state index contributed by atoms with van der Waals surface area (Å²) in [4.78, 5) is 84.1. The quantitative estimate of drug-likeness (QED) is 0.0378. The van der Waals surface area contributed by atoms with Gasteiger partial charge in [-0.2, -0.15) is 8.42 Å². The minimum absolute atomic E-state index is 0.0297. The highest BCUT2D eigenvalue weighted by molar-refractivity contribution is 9.09. The molecule has 5 unspecified atom stereocenters. The molecule has 5 atom stereocenters. The average molecular weight is 830 g/mol. The number of esters is 4. The fraction of sp³-hybridized carbons (Fsp3) is 0.607. The molecule has 1 N–H and O–H groups in total. The number of hydrogen-bond acceptors (Lipinski definition) is 19. The second-order valence-electron chi connectivity index (χ2n) is 10.8. The number of carbonyl (C=O) groups is 5. The SMILES string of the molecule is CC(=O)OCC1OC(OCCNC(=O)c2cc([N+](=O)[O-])cc([N+](=O)[O-])c2N(CCBr)CCOS(C)(=O)=O)C(OC(C)=O)C(OC(C)=O)C1OC(C)=O. The van der Waals surface area contributed by atoms with Crippen LogP contribution in [0.15, 0.2) is 12.1 Å². The Balaban J connectivity index is 2.43. The van der Waals surface area contributed by atoms with E-state index in [-0.39, 0.29) is 24.1 Å². The van der Waals surface area contributed by atoms with Crippen LogP contribution in [0.25, 0.3) is 0 Å². The lowest BCUT2D eigenvalue weighted by molar-refractivity contribution is -0.393. The van der Waals surface area contributed by atoms with E-state index in [1.165, 1.54) is 4.90 Å². The van der Waals surface area contributed by atoms with Gasteiger partial charge in [0.15, 0.2) is 24.6 Å². The van der Waals surface area contributed by atoms with Gasteiger partial charge in [0, 0.05) is 58.7 Å². The number of anilines is 1. The van der Waals surface area contributed by atoms with E-state index in [2.05, 4.69) is 21.2 Å². The largest absolute Gasteiger partial charge is 0.463 e. The van der Waals surface area contributed by atoms with Crippen LogP contribution in [0, 0.1) is 20.2 Å². The molecule has 52 heavy (non-hydrogen) atoms. The van der Waals surface area contributed by atoms with Crippen molar-refractivity contribution >= 4 is 72.9 Å². The van der Waals surface area contributed by atoms with Gasteiger partial charge in [-0.25, -0.2) is 0 Å². The van der Waals surface area contributed by atoms with Crippen molar-refractivity contribution in [2.24, 2.45) is 0 Å². The molecule has 1 amide bonds. The first-order valence-corrected chi connectivity index (χ1v) is 18.0. The first-order chi connectivity index (χ1) is 24.2. The van der Waals surface area contributed by atoms with E-state index in [1.807, 2.05) is 0 Å². The zero-order valence-corrected chi connectivity index (χ0v) is 30.9. The predicted molar refractivity (Wildman–Crippen MR) is 177 cm³/mol. The van der Waals surface area contributed by atoms with E-state index in [0.717, 1.165) is 40.0 Å². The maximum Gasteiger partial charge on any atom is 0.303 e. The van der Waals surface area contributed by atoms with Gasteiger partial charge in [-0.1, -0.05) is 15.9 Å². The number of ether oxygens (including phenoxy) is 6. The third-order valence-electron chi connectivity index (χ3n) is 6.67. The van der Waals surface area contributed by atoms with Gasteiger partial charge in [0.05, 0.1) is 40.9 Å². The Hall–Kier alpha value is -4.52. The van der Waals surface area contributed by atoms with Crippen molar-refractivity contribution in [1.82, 2.24) is 5.32 Å². The zero-order chi connectivity index (χ0) is 39.3. The molecule has 290 valence electrons. The highest BCUT2D eigenvalue weighted by Crippen LogP contribution is 2.37. The van der Waals surface area contributed by atoms with Gasteiger partial charge in [0.2, 0.25) is 0 Å². The molecular formula is C28H37BrN4O18S. The first kappa shape index (κ1) is 43.6. The summed E-state index contributed by atoms with van der Waals surface area (Å²) in [5.74, 6) is -4.40. The van der Waals surface area contributed by atoms with Crippen molar-refractivity contribution in [3.05, 3.63) is 37.9 Å². The maximum atomic E-state index is 13.5. The molecule has 1 fully saturated rings. The number of non-ortho nitro benzene ring substituents is 1. The summed E-state index contributed by atoms with van der Waals surface area (Å²) in [6.07, 6.45) is -6.65. The smallest absolute Gasteiger partial charge is 0.303 e. The van der Waals surface area contributed by atoms with E-state index in [1.54, 1.807) is 0 Å². The minimum atomic E-state index is -3.91. The lowest BCUT2D eigenvalue weighted by Crippen LogP contribution is -2.63. The Kier molecular flexibility index (Phi) is 16.7. The van der Waals surface area contributed by atoms with Crippen molar-refractivity contribution in [1.29, 1.82) is 0 Å². The van der Waals surface area contributed by atoms with E-state index in [4.69, 9.17) is 32.6 Å². The molecule has 1 heterocycles. The number of hydrogen-bond donors (Lipinski definition) is 1. The highest BCUT2D eigenvalue weighted by atomic mass is 79.9. The summed E-state index contributed by atoms with van der Waals surface area (Å²) in [6, 6.07) is 1.45. The van der Waals surface area contributed by atoms with Crippen LogP contribution in [0.1, 0.15) is 38.1 Å². The van der Waals surface area contributed by atoms with Crippen LogP contribution in [-0.4, -0.2) is 130 Å². The van der Waals surface area contributed by atoms with Gasteiger partial charge in [0.1, 0.15) is 18.4 Å². The molecule has 1 saturated heterocycles. The van der Waals surface area contributed by atoms with Crippen LogP contribution in [0.4, 0.5) is 17.1 Å². The van der Waals surface area contributed by atoms with Gasteiger partial charge in [-0.05, 0) is 0 Å². The Morgan fingerprint density at radius 3 is 2.00 bits per heavy atom. The molecule has 22 nitrogen and oxygen atoms in total. The van der Waals surface area contributed by atoms with Gasteiger partial charge in [-0.15, -0.1) is 0 Å². The lowest BCUT2D eigenvalue weighted by Gasteiger charge is -2.44. The zero-order valence-electron chi connectivity index (χ0n) is 28.5. The number of amides is 1. The lowest BCUT2D eigenvalue weighted by atomic mass is 9.98. The summed E-state index contributed by atoms with van der Waals surface area (Å²) < 4.78 is 60.2. The summed E-state index contributed by atoms with van der Waals surface area (Å²) in [6.45, 7) is 2.00. The number of nitro benzene ring substituents is 2. The van der Waals surface area contributed by atoms with Gasteiger partial charge in [-0.3, -0.25) is 48.4 Å². The average Bonchev–Trinajstić information content (AvgIpc) is 3.02. The molecule has 24 heteroatoms. The number of nitro groups is 2. The van der Waals surface area contributed by atoms with E-state index in [9.17, 15) is 52.6 Å². The third-order valence-corrected chi connectivity index (χ3v) is 7.62. The van der Waals surface area contributed by atoms with E-state index < -0.39 is 124 Å². The van der Waals surface area contributed by atoms with Gasteiger partial charge in [0.25, 0.3) is 27.4 Å². The fourth-order valence-corrected chi connectivity index (χ4v) is 5.65. The Bertz CT molecular complexity index is 1630. The standard InChI is InChI=1S/C28H37BrN4O18S/c1-15(34)46-14-22-24(48-16(2)35)25(49-17(3)36)26(50-18(4)37)28(51-22)45-10-7-30-27(38)20-12-19(32(39)40)13-21(33(41)42)23(20)31(8-6-29)9-11-47-52(5,43)44/h12-13,22,24-26,28H,6-11,14H2,1-5H3,(H,30,38). The van der Waals surface area contributed by atoms with Crippen molar-refractivity contribution < 1.29 is 74.8 Å². The van der Waals surface area contributed by atoms with Crippen molar-refractivity contribution in [2.45, 2.75) is 58.4 Å². The molecule has 0 spiro atoms. The number of halogens is 1. The Labute approximate surface area is 304 Å². The van der Waals surface area contributed by atoms with Crippen LogP contribution in [0.3, 0.4) is 0 Å². The molecule has 0 bridgehead atoms. The van der Waals surface area contributed by atoms with Crippen molar-refractivity contribution in [3.8, 4) is 0 Å². The fourth-order valence-electron chi connectivity index (χ4n) is 4.85. The van der Waals surface area contributed by atoms with E-state index in [0.29, 0.717) is 6.07 Å². The molecule has 0 aromatic heterocycles. The molecule has 2 rings (SSSR count). The summed E-state index contributed by atoms with van der Waals surface area (Å²) in [5.41, 5.74) is -2.51. The maximum absolute atomic E-state index is 13.5. The van der Waals surface area contributed by atoms with Crippen molar-refractivity contribution in [3.63, 3.8) is 0 Å². The highest BCUT2D eigenvalue weighted by Gasteiger charge is 2.52. The Morgan fingerprint density at radius 1 is 0.885 bits per heavy atom. The first-order valence-electron chi connectivity index (χ1n) is 15.1. The minimum Gasteiger partial charge on any atom is -0.463 e. The number of carbonyl (C=O) groups excluding carboxylic acids is 5. The van der Waals surface area contributed by atoms with Crippen LogP contribution in [-0.2, 0) is 61.9 Å². The molecule has 1 aliphatic heterocycles. The number of alkyl halides is 1. The second kappa shape index (κ2) is 19.9. The van der Waals surface area contributed by atoms with Crippen LogP contribution >= 0.6 is 15.9 Å². The number of nitrogens with zero attached hydrogens (tertiary/aromatic N) is 3. The van der Waals surface area contributed by atoms with Crippen LogP contribution < -0.4 is 10.2 Å². The second-order valence-corrected chi connectivity index (χ2v) is 13.2. The monoisotopic (exact) mass is 828 g/mol. The number of rotatable bonds is 19. The van der Waals surface area contributed by atoms with Crippen molar-refractivity contribution in [2.75, 3.05) is 55.9 Å². The number of benzene rings is 1. The summed E-state index contributed by atoms with van der Waals surface area (Å²) in [7, 11) is -3.91. The van der Waals surface area contributed by atoms with Gasteiger partial charge >= 0.3 is 23.9 Å². The normalized spacial score (nSPS) is 19.8. The summed E-state index contributed by atoms with van der Waals surface area (Å²) >= 11 is 3.19. The molecule has 0 saturated carbocycles. The summed E-state index contributed by atoms with van der Waals surface area (Å²) in [5, 5.41) is 26.3.